The first kappa shape index (κ1) is 16.2. The number of ether oxygens (including phenoxy) is 2. The van der Waals surface area contributed by atoms with Gasteiger partial charge in [-0.15, -0.1) is 0 Å². The molecule has 1 amide bonds. The molecule has 0 radical (unpaired) electrons. The Morgan fingerprint density at radius 3 is 2.68 bits per heavy atom. The van der Waals surface area contributed by atoms with Gasteiger partial charge in [-0.2, -0.15) is 0 Å². The van der Waals surface area contributed by atoms with Crippen LogP contribution in [0.15, 0.2) is 0 Å². The molecule has 1 fully saturated rings. The normalized spacial score (nSPS) is 20.1. The minimum atomic E-state index is -0.451. The summed E-state index contributed by atoms with van der Waals surface area (Å²) < 4.78 is 10.5. The molecule has 19 heavy (non-hydrogen) atoms. The third-order valence-corrected chi connectivity index (χ3v) is 3.09. The summed E-state index contributed by atoms with van der Waals surface area (Å²) in [6.07, 6.45) is 2.10. The fourth-order valence-electron chi connectivity index (χ4n) is 2.18. The number of piperidine rings is 1. The molecule has 0 aromatic carbocycles. The smallest absolute Gasteiger partial charge is 0.410 e. The Balaban J connectivity index is 2.51. The van der Waals surface area contributed by atoms with Crippen LogP contribution in [0.4, 0.5) is 4.79 Å². The first-order valence-corrected chi connectivity index (χ1v) is 7.10. The molecule has 112 valence electrons. The van der Waals surface area contributed by atoms with Crippen LogP contribution < -0.4 is 5.32 Å². The molecule has 0 saturated carbocycles. The van der Waals surface area contributed by atoms with Crippen LogP contribution >= 0.6 is 0 Å². The number of hydrogen-bond donors (Lipinski definition) is 1. The number of carbonyl (C=O) groups is 1. The highest BCUT2D eigenvalue weighted by Crippen LogP contribution is 2.15. The summed E-state index contributed by atoms with van der Waals surface area (Å²) in [5.74, 6) is 0.512. The van der Waals surface area contributed by atoms with Gasteiger partial charge in [0.15, 0.2) is 0 Å². The van der Waals surface area contributed by atoms with E-state index in [2.05, 4.69) is 5.32 Å². The van der Waals surface area contributed by atoms with E-state index in [1.165, 1.54) is 12.8 Å². The summed E-state index contributed by atoms with van der Waals surface area (Å²) in [7, 11) is 1.65. The molecule has 1 aliphatic rings. The molecule has 5 heteroatoms. The Morgan fingerprint density at radius 2 is 2.16 bits per heavy atom. The monoisotopic (exact) mass is 272 g/mol. The van der Waals surface area contributed by atoms with Gasteiger partial charge in [0.05, 0.1) is 6.61 Å². The lowest BCUT2D eigenvalue weighted by molar-refractivity contribution is 0.0161. The number of nitrogens with zero attached hydrogens (tertiary/aromatic N) is 1. The van der Waals surface area contributed by atoms with E-state index in [1.807, 2.05) is 20.8 Å². The van der Waals surface area contributed by atoms with Gasteiger partial charge < -0.3 is 19.7 Å². The number of methoxy groups -OCH3 is 1. The van der Waals surface area contributed by atoms with Crippen LogP contribution in [0.2, 0.25) is 0 Å². The summed E-state index contributed by atoms with van der Waals surface area (Å²) >= 11 is 0. The molecular weight excluding hydrogens is 244 g/mol. The number of carbonyl (C=O) groups excluding carboxylic acids is 1. The van der Waals surface area contributed by atoms with Gasteiger partial charge in [-0.25, -0.2) is 4.79 Å². The predicted octanol–water partition coefficient (Wildman–Crippen LogP) is 1.87. The van der Waals surface area contributed by atoms with Crippen molar-refractivity contribution in [3.63, 3.8) is 0 Å². The number of amides is 1. The Kier molecular flexibility index (Phi) is 6.58. The van der Waals surface area contributed by atoms with Crippen molar-refractivity contribution < 1.29 is 14.3 Å². The molecule has 0 spiro atoms. The lowest BCUT2D eigenvalue weighted by Gasteiger charge is -2.31. The maximum atomic E-state index is 12.2. The van der Waals surface area contributed by atoms with Crippen LogP contribution in [0.25, 0.3) is 0 Å². The third-order valence-electron chi connectivity index (χ3n) is 3.09. The van der Waals surface area contributed by atoms with Gasteiger partial charge in [0.25, 0.3) is 0 Å². The fraction of sp³-hybridized carbons (Fsp3) is 0.929. The summed E-state index contributed by atoms with van der Waals surface area (Å²) in [6.45, 7) is 9.60. The topological polar surface area (TPSA) is 50.8 Å². The molecule has 0 aromatic rings. The van der Waals surface area contributed by atoms with E-state index in [0.717, 1.165) is 19.6 Å². The highest BCUT2D eigenvalue weighted by atomic mass is 16.6. The average molecular weight is 272 g/mol. The van der Waals surface area contributed by atoms with Crippen LogP contribution in [-0.4, -0.2) is 56.5 Å². The summed E-state index contributed by atoms with van der Waals surface area (Å²) in [5.41, 5.74) is -0.451. The van der Waals surface area contributed by atoms with Crippen LogP contribution in [0.1, 0.15) is 33.6 Å². The Bertz CT molecular complexity index is 270. The third kappa shape index (κ3) is 6.78. The summed E-state index contributed by atoms with van der Waals surface area (Å²) in [6, 6.07) is 0. The Morgan fingerprint density at radius 1 is 1.42 bits per heavy atom. The van der Waals surface area contributed by atoms with E-state index in [1.54, 1.807) is 12.0 Å². The van der Waals surface area contributed by atoms with Crippen molar-refractivity contribution in [1.29, 1.82) is 0 Å². The molecule has 1 N–H and O–H groups in total. The first-order chi connectivity index (χ1) is 8.92. The highest BCUT2D eigenvalue weighted by Gasteiger charge is 2.25. The second-order valence-corrected chi connectivity index (χ2v) is 6.13. The Hall–Kier alpha value is -0.810. The summed E-state index contributed by atoms with van der Waals surface area (Å²) in [4.78, 5) is 13.9. The van der Waals surface area contributed by atoms with Gasteiger partial charge in [-0.05, 0) is 52.6 Å². The van der Waals surface area contributed by atoms with Crippen molar-refractivity contribution in [3.05, 3.63) is 0 Å². The molecule has 5 nitrogen and oxygen atoms in total. The molecule has 1 rings (SSSR count). The lowest BCUT2D eigenvalue weighted by Crippen LogP contribution is -2.44. The fourth-order valence-corrected chi connectivity index (χ4v) is 2.18. The zero-order valence-corrected chi connectivity index (χ0v) is 12.7. The van der Waals surface area contributed by atoms with Crippen molar-refractivity contribution in [1.82, 2.24) is 10.2 Å². The minimum Gasteiger partial charge on any atom is -0.444 e. The summed E-state index contributed by atoms with van der Waals surface area (Å²) in [5, 5.41) is 3.37. The molecule has 1 heterocycles. The van der Waals surface area contributed by atoms with Gasteiger partial charge in [0.2, 0.25) is 0 Å². The minimum absolute atomic E-state index is 0.241. The molecule has 0 aromatic heterocycles. The van der Waals surface area contributed by atoms with E-state index in [4.69, 9.17) is 9.47 Å². The van der Waals surface area contributed by atoms with E-state index < -0.39 is 5.60 Å². The maximum absolute atomic E-state index is 12.2. The quantitative estimate of drug-likeness (QED) is 0.830. The van der Waals surface area contributed by atoms with Gasteiger partial charge in [0, 0.05) is 20.2 Å². The van der Waals surface area contributed by atoms with Crippen LogP contribution in [0, 0.1) is 5.92 Å². The largest absolute Gasteiger partial charge is 0.444 e. The zero-order chi connectivity index (χ0) is 14.3. The van der Waals surface area contributed by atoms with Crippen molar-refractivity contribution in [2.75, 3.05) is 39.9 Å². The van der Waals surface area contributed by atoms with Crippen molar-refractivity contribution >= 4 is 6.09 Å². The number of hydrogen-bond acceptors (Lipinski definition) is 4. The van der Waals surface area contributed by atoms with E-state index >= 15 is 0 Å². The maximum Gasteiger partial charge on any atom is 0.410 e. The van der Waals surface area contributed by atoms with E-state index in [9.17, 15) is 4.79 Å². The van der Waals surface area contributed by atoms with Gasteiger partial charge >= 0.3 is 6.09 Å². The van der Waals surface area contributed by atoms with E-state index in [0.29, 0.717) is 19.1 Å². The average Bonchev–Trinajstić information content (AvgIpc) is 2.33. The molecule has 1 atom stereocenters. The Labute approximate surface area is 116 Å². The lowest BCUT2D eigenvalue weighted by atomic mass is 9.99. The van der Waals surface area contributed by atoms with Crippen molar-refractivity contribution in [3.8, 4) is 0 Å². The molecule has 0 bridgehead atoms. The van der Waals surface area contributed by atoms with Crippen LogP contribution in [0.3, 0.4) is 0 Å². The molecular formula is C14H28N2O3. The zero-order valence-electron chi connectivity index (χ0n) is 12.7. The SMILES string of the molecule is COCCN(CC1CCCNC1)C(=O)OC(C)(C)C. The number of rotatable bonds is 5. The first-order valence-electron chi connectivity index (χ1n) is 7.10. The van der Waals surface area contributed by atoms with Crippen molar-refractivity contribution in [2.24, 2.45) is 5.92 Å². The second-order valence-electron chi connectivity index (χ2n) is 6.13. The molecule has 1 aliphatic heterocycles. The molecule has 1 saturated heterocycles. The molecule has 1 unspecified atom stereocenters. The van der Waals surface area contributed by atoms with Crippen molar-refractivity contribution in [2.45, 2.75) is 39.2 Å². The van der Waals surface area contributed by atoms with Gasteiger partial charge in [-0.3, -0.25) is 0 Å². The van der Waals surface area contributed by atoms with E-state index in [-0.39, 0.29) is 6.09 Å². The van der Waals surface area contributed by atoms with Gasteiger partial charge in [-0.1, -0.05) is 0 Å². The highest BCUT2D eigenvalue weighted by molar-refractivity contribution is 5.68. The molecule has 0 aliphatic carbocycles. The van der Waals surface area contributed by atoms with Crippen LogP contribution in [0.5, 0.6) is 0 Å². The van der Waals surface area contributed by atoms with Gasteiger partial charge in [0.1, 0.15) is 5.60 Å². The number of nitrogens with one attached hydrogen (secondary N) is 1. The van der Waals surface area contributed by atoms with Crippen LogP contribution in [-0.2, 0) is 9.47 Å². The predicted molar refractivity (Wildman–Crippen MR) is 75.3 cm³/mol. The standard InChI is InChI=1S/C14H28N2O3/c1-14(2,3)19-13(17)16(8-9-18-4)11-12-6-5-7-15-10-12/h12,15H,5-11H2,1-4H3. The second kappa shape index (κ2) is 7.70.